The molecule has 1 N–H and O–H groups in total. The minimum atomic E-state index is -0.457. The van der Waals surface area contributed by atoms with Crippen molar-refractivity contribution in [1.82, 2.24) is 10.2 Å². The Kier molecular flexibility index (Phi) is 11.1. The van der Waals surface area contributed by atoms with Crippen LogP contribution in [0, 0.1) is 0 Å². The maximum absolute atomic E-state index is 13.5. The molecule has 0 bridgehead atoms. The third-order valence-electron chi connectivity index (χ3n) is 6.81. The number of rotatable bonds is 14. The van der Waals surface area contributed by atoms with Gasteiger partial charge in [0.25, 0.3) is 0 Å². The van der Waals surface area contributed by atoms with Crippen LogP contribution in [0.5, 0.6) is 11.5 Å². The summed E-state index contributed by atoms with van der Waals surface area (Å²) in [6, 6.07) is 15.8. The summed E-state index contributed by atoms with van der Waals surface area (Å²) in [5.74, 6) is 1.40. The van der Waals surface area contributed by atoms with Gasteiger partial charge in [0.15, 0.2) is 11.5 Å². The van der Waals surface area contributed by atoms with Gasteiger partial charge >= 0.3 is 0 Å². The SMILES string of the molecule is CCOc1ccc(CCC(=O)N(CCc2ccccc2)C(CC)C(=O)NC2CCCC2)cc1OCC. The Morgan fingerprint density at radius 3 is 2.28 bits per heavy atom. The molecule has 3 rings (SSSR count). The highest BCUT2D eigenvalue weighted by atomic mass is 16.5. The predicted molar refractivity (Wildman–Crippen MR) is 143 cm³/mol. The van der Waals surface area contributed by atoms with Gasteiger partial charge in [-0.15, -0.1) is 0 Å². The average Bonchev–Trinajstić information content (AvgIpc) is 3.40. The summed E-state index contributed by atoms with van der Waals surface area (Å²) in [5, 5.41) is 3.21. The molecule has 1 saturated carbocycles. The lowest BCUT2D eigenvalue weighted by Crippen LogP contribution is -2.51. The summed E-state index contributed by atoms with van der Waals surface area (Å²) in [6.07, 6.45) is 6.60. The Balaban J connectivity index is 1.71. The molecule has 1 aliphatic rings. The van der Waals surface area contributed by atoms with Crippen molar-refractivity contribution >= 4 is 11.8 Å². The highest BCUT2D eigenvalue weighted by molar-refractivity contribution is 5.88. The van der Waals surface area contributed by atoms with E-state index in [0.717, 1.165) is 43.2 Å². The minimum Gasteiger partial charge on any atom is -0.490 e. The molecule has 6 nitrogen and oxygen atoms in total. The second-order valence-corrected chi connectivity index (χ2v) is 9.38. The maximum Gasteiger partial charge on any atom is 0.243 e. The number of ether oxygens (including phenoxy) is 2. The molecule has 1 fully saturated rings. The van der Waals surface area contributed by atoms with Crippen LogP contribution in [-0.2, 0) is 22.4 Å². The summed E-state index contributed by atoms with van der Waals surface area (Å²) < 4.78 is 11.4. The molecule has 196 valence electrons. The van der Waals surface area contributed by atoms with Crippen LogP contribution in [-0.4, -0.2) is 48.6 Å². The van der Waals surface area contributed by atoms with Gasteiger partial charge in [0.1, 0.15) is 6.04 Å². The predicted octanol–water partition coefficient (Wildman–Crippen LogP) is 5.33. The van der Waals surface area contributed by atoms with E-state index in [4.69, 9.17) is 9.47 Å². The van der Waals surface area contributed by atoms with E-state index in [1.165, 1.54) is 0 Å². The third-order valence-corrected chi connectivity index (χ3v) is 6.81. The molecule has 0 aromatic heterocycles. The molecule has 6 heteroatoms. The Morgan fingerprint density at radius 2 is 1.61 bits per heavy atom. The first-order valence-electron chi connectivity index (χ1n) is 13.6. The molecular formula is C30H42N2O4. The first-order valence-corrected chi connectivity index (χ1v) is 13.6. The van der Waals surface area contributed by atoms with Crippen molar-refractivity contribution in [3.8, 4) is 11.5 Å². The van der Waals surface area contributed by atoms with Gasteiger partial charge in [-0.2, -0.15) is 0 Å². The van der Waals surface area contributed by atoms with E-state index < -0.39 is 6.04 Å². The van der Waals surface area contributed by atoms with Crippen LogP contribution in [0.3, 0.4) is 0 Å². The van der Waals surface area contributed by atoms with Crippen molar-refractivity contribution in [1.29, 1.82) is 0 Å². The van der Waals surface area contributed by atoms with Crippen molar-refractivity contribution in [2.75, 3.05) is 19.8 Å². The van der Waals surface area contributed by atoms with Crippen molar-refractivity contribution in [3.05, 3.63) is 59.7 Å². The number of benzene rings is 2. The van der Waals surface area contributed by atoms with E-state index in [0.29, 0.717) is 50.5 Å². The van der Waals surface area contributed by atoms with Gasteiger partial charge in [-0.3, -0.25) is 9.59 Å². The summed E-state index contributed by atoms with van der Waals surface area (Å²) in [7, 11) is 0. The summed E-state index contributed by atoms with van der Waals surface area (Å²) in [4.78, 5) is 28.6. The first kappa shape index (κ1) is 27.6. The number of nitrogens with zero attached hydrogens (tertiary/aromatic N) is 1. The molecule has 1 unspecified atom stereocenters. The van der Waals surface area contributed by atoms with E-state index in [-0.39, 0.29) is 17.9 Å². The molecule has 1 atom stereocenters. The van der Waals surface area contributed by atoms with Crippen LogP contribution in [0.2, 0.25) is 0 Å². The number of hydrogen-bond donors (Lipinski definition) is 1. The monoisotopic (exact) mass is 494 g/mol. The summed E-state index contributed by atoms with van der Waals surface area (Å²) >= 11 is 0. The lowest BCUT2D eigenvalue weighted by Gasteiger charge is -2.31. The molecule has 0 heterocycles. The molecule has 1 aliphatic carbocycles. The van der Waals surface area contributed by atoms with Gasteiger partial charge in [0, 0.05) is 19.0 Å². The molecule has 0 saturated heterocycles. The lowest BCUT2D eigenvalue weighted by molar-refractivity contribution is -0.141. The van der Waals surface area contributed by atoms with Crippen molar-refractivity contribution < 1.29 is 19.1 Å². The van der Waals surface area contributed by atoms with E-state index in [1.807, 2.05) is 57.2 Å². The summed E-state index contributed by atoms with van der Waals surface area (Å²) in [6.45, 7) is 7.51. The van der Waals surface area contributed by atoms with Crippen LogP contribution in [0.4, 0.5) is 0 Å². The molecule has 0 spiro atoms. The van der Waals surface area contributed by atoms with Gasteiger partial charge in [-0.05, 0) is 69.2 Å². The van der Waals surface area contributed by atoms with Gasteiger partial charge in [-0.1, -0.05) is 56.2 Å². The van der Waals surface area contributed by atoms with Crippen LogP contribution < -0.4 is 14.8 Å². The third kappa shape index (κ3) is 8.00. The Labute approximate surface area is 216 Å². The molecule has 0 aliphatic heterocycles. The number of nitrogens with one attached hydrogen (secondary N) is 1. The fourth-order valence-corrected chi connectivity index (χ4v) is 4.91. The van der Waals surface area contributed by atoms with Gasteiger partial charge in [0.05, 0.1) is 13.2 Å². The number of amides is 2. The topological polar surface area (TPSA) is 67.9 Å². The maximum atomic E-state index is 13.5. The van der Waals surface area contributed by atoms with Gasteiger partial charge in [-0.25, -0.2) is 0 Å². The normalized spacial score (nSPS) is 14.3. The second kappa shape index (κ2) is 14.5. The van der Waals surface area contributed by atoms with E-state index in [9.17, 15) is 9.59 Å². The van der Waals surface area contributed by atoms with Crippen LogP contribution >= 0.6 is 0 Å². The minimum absolute atomic E-state index is 0.00574. The molecular weight excluding hydrogens is 452 g/mol. The standard InChI is InChI=1S/C30H42N2O4/c1-4-26(30(34)31-25-14-10-11-15-25)32(21-20-23-12-8-7-9-13-23)29(33)19-17-24-16-18-27(35-5-2)28(22-24)36-6-3/h7-9,12-13,16,18,22,25-26H,4-6,10-11,14-15,17,19-21H2,1-3H3,(H,31,34). The smallest absolute Gasteiger partial charge is 0.243 e. The number of hydrogen-bond acceptors (Lipinski definition) is 4. The molecule has 36 heavy (non-hydrogen) atoms. The van der Waals surface area contributed by atoms with Crippen molar-refractivity contribution in [2.24, 2.45) is 0 Å². The lowest BCUT2D eigenvalue weighted by atomic mass is 10.0. The molecule has 0 radical (unpaired) electrons. The first-order chi connectivity index (χ1) is 17.5. The second-order valence-electron chi connectivity index (χ2n) is 9.38. The molecule has 2 amide bonds. The summed E-state index contributed by atoms with van der Waals surface area (Å²) in [5.41, 5.74) is 2.18. The van der Waals surface area contributed by atoms with E-state index in [2.05, 4.69) is 17.4 Å². The fourth-order valence-electron chi connectivity index (χ4n) is 4.91. The average molecular weight is 495 g/mol. The largest absolute Gasteiger partial charge is 0.490 e. The van der Waals surface area contributed by atoms with Gasteiger partial charge < -0.3 is 19.7 Å². The highest BCUT2D eigenvalue weighted by Gasteiger charge is 2.30. The number of carbonyl (C=O) groups is 2. The zero-order valence-corrected chi connectivity index (χ0v) is 22.1. The van der Waals surface area contributed by atoms with Crippen LogP contribution in [0.25, 0.3) is 0 Å². The van der Waals surface area contributed by atoms with Crippen molar-refractivity contribution in [2.45, 2.75) is 84.2 Å². The van der Waals surface area contributed by atoms with E-state index >= 15 is 0 Å². The molecule has 2 aromatic carbocycles. The van der Waals surface area contributed by atoms with Gasteiger partial charge in [0.2, 0.25) is 11.8 Å². The zero-order valence-electron chi connectivity index (χ0n) is 22.1. The number of carbonyl (C=O) groups excluding carboxylic acids is 2. The Morgan fingerprint density at radius 1 is 0.917 bits per heavy atom. The van der Waals surface area contributed by atoms with Crippen LogP contribution in [0.15, 0.2) is 48.5 Å². The quantitative estimate of drug-likeness (QED) is 0.386. The Bertz CT molecular complexity index is 957. The molecule has 2 aromatic rings. The number of aryl methyl sites for hydroxylation is 1. The van der Waals surface area contributed by atoms with Crippen molar-refractivity contribution in [3.63, 3.8) is 0 Å². The fraction of sp³-hybridized carbons (Fsp3) is 0.533. The Hall–Kier alpha value is -3.02. The van der Waals surface area contributed by atoms with E-state index in [1.54, 1.807) is 4.90 Å². The zero-order chi connectivity index (χ0) is 25.8. The van der Waals surface area contributed by atoms with Crippen LogP contribution in [0.1, 0.15) is 70.4 Å². The highest BCUT2D eigenvalue weighted by Crippen LogP contribution is 2.29.